The fourth-order valence-corrected chi connectivity index (χ4v) is 1.52. The number of rotatable bonds is 5. The first kappa shape index (κ1) is 12.3. The molecule has 1 aromatic heterocycles. The Morgan fingerprint density at radius 3 is 2.83 bits per heavy atom. The van der Waals surface area contributed by atoms with Gasteiger partial charge in [0, 0.05) is 12.1 Å². The lowest BCUT2D eigenvalue weighted by Crippen LogP contribution is -2.27. The third kappa shape index (κ3) is 3.18. The van der Waals surface area contributed by atoms with Crippen LogP contribution in [0.5, 0.6) is 0 Å². The van der Waals surface area contributed by atoms with Gasteiger partial charge in [0.05, 0.1) is 18.7 Å². The standard InChI is InChI=1S/C13H14N2O3/c16-7-6-14-12(17)8-11-9-18-13(15-11)10-4-2-1-3-5-10/h1-5,9,16H,6-8H2,(H,14,17). The van der Waals surface area contributed by atoms with Crippen molar-refractivity contribution in [2.45, 2.75) is 6.42 Å². The Balaban J connectivity index is 2.00. The predicted molar refractivity (Wildman–Crippen MR) is 65.7 cm³/mol. The Labute approximate surface area is 104 Å². The van der Waals surface area contributed by atoms with E-state index in [0.29, 0.717) is 11.6 Å². The minimum atomic E-state index is -0.183. The highest BCUT2D eigenvalue weighted by atomic mass is 16.3. The highest BCUT2D eigenvalue weighted by Crippen LogP contribution is 2.17. The highest BCUT2D eigenvalue weighted by Gasteiger charge is 2.09. The van der Waals surface area contributed by atoms with Gasteiger partial charge < -0.3 is 14.8 Å². The second-order valence-corrected chi connectivity index (χ2v) is 3.76. The number of nitrogens with one attached hydrogen (secondary N) is 1. The van der Waals surface area contributed by atoms with Crippen LogP contribution >= 0.6 is 0 Å². The second kappa shape index (κ2) is 5.97. The van der Waals surface area contributed by atoms with Crippen molar-refractivity contribution in [2.75, 3.05) is 13.2 Å². The van der Waals surface area contributed by atoms with Crippen LogP contribution in [0.1, 0.15) is 5.69 Å². The zero-order chi connectivity index (χ0) is 12.8. The zero-order valence-electron chi connectivity index (χ0n) is 9.80. The van der Waals surface area contributed by atoms with Crippen molar-refractivity contribution in [1.29, 1.82) is 0 Å². The number of benzene rings is 1. The average Bonchev–Trinajstić information content (AvgIpc) is 2.86. The molecule has 0 aliphatic rings. The van der Waals surface area contributed by atoms with Crippen LogP contribution in [0.2, 0.25) is 0 Å². The molecule has 1 amide bonds. The first-order chi connectivity index (χ1) is 8.79. The third-order valence-corrected chi connectivity index (χ3v) is 2.35. The molecular weight excluding hydrogens is 232 g/mol. The van der Waals surface area contributed by atoms with Crippen molar-refractivity contribution < 1.29 is 14.3 Å². The van der Waals surface area contributed by atoms with Crippen LogP contribution in [-0.2, 0) is 11.2 Å². The van der Waals surface area contributed by atoms with Crippen molar-refractivity contribution >= 4 is 5.91 Å². The van der Waals surface area contributed by atoms with E-state index in [-0.39, 0.29) is 25.5 Å². The number of carbonyl (C=O) groups excluding carboxylic acids is 1. The average molecular weight is 246 g/mol. The topological polar surface area (TPSA) is 75.4 Å². The van der Waals surface area contributed by atoms with Gasteiger partial charge in [0.1, 0.15) is 6.26 Å². The molecule has 0 saturated carbocycles. The van der Waals surface area contributed by atoms with Crippen molar-refractivity contribution in [3.05, 3.63) is 42.3 Å². The molecule has 0 radical (unpaired) electrons. The molecule has 2 aromatic rings. The van der Waals surface area contributed by atoms with Crippen LogP contribution in [0.3, 0.4) is 0 Å². The van der Waals surface area contributed by atoms with Crippen molar-refractivity contribution in [3.8, 4) is 11.5 Å². The summed E-state index contributed by atoms with van der Waals surface area (Å²) in [5, 5.41) is 11.1. The molecule has 0 spiro atoms. The van der Waals surface area contributed by atoms with E-state index in [2.05, 4.69) is 10.3 Å². The van der Waals surface area contributed by atoms with Gasteiger partial charge in [0.25, 0.3) is 0 Å². The van der Waals surface area contributed by atoms with Gasteiger partial charge in [-0.25, -0.2) is 4.98 Å². The van der Waals surface area contributed by atoms with E-state index in [9.17, 15) is 4.79 Å². The summed E-state index contributed by atoms with van der Waals surface area (Å²) >= 11 is 0. The summed E-state index contributed by atoms with van der Waals surface area (Å²) in [5.41, 5.74) is 1.45. The molecule has 0 fully saturated rings. The van der Waals surface area contributed by atoms with Gasteiger partial charge in [-0.1, -0.05) is 18.2 Å². The van der Waals surface area contributed by atoms with Gasteiger partial charge in [-0.05, 0) is 12.1 Å². The maximum absolute atomic E-state index is 11.4. The number of nitrogens with zero attached hydrogens (tertiary/aromatic N) is 1. The van der Waals surface area contributed by atoms with Gasteiger partial charge in [-0.2, -0.15) is 0 Å². The van der Waals surface area contributed by atoms with Gasteiger partial charge >= 0.3 is 0 Å². The van der Waals surface area contributed by atoms with E-state index in [1.165, 1.54) is 6.26 Å². The van der Waals surface area contributed by atoms with Crippen molar-refractivity contribution in [3.63, 3.8) is 0 Å². The fourth-order valence-electron chi connectivity index (χ4n) is 1.52. The molecule has 0 unspecified atom stereocenters. The summed E-state index contributed by atoms with van der Waals surface area (Å²) < 4.78 is 5.32. The van der Waals surface area contributed by atoms with Crippen LogP contribution in [0.4, 0.5) is 0 Å². The van der Waals surface area contributed by atoms with Crippen molar-refractivity contribution in [1.82, 2.24) is 10.3 Å². The molecule has 5 nitrogen and oxygen atoms in total. The van der Waals surface area contributed by atoms with E-state index in [0.717, 1.165) is 5.56 Å². The molecule has 0 aliphatic heterocycles. The van der Waals surface area contributed by atoms with Crippen LogP contribution in [-0.4, -0.2) is 29.1 Å². The monoisotopic (exact) mass is 246 g/mol. The molecule has 18 heavy (non-hydrogen) atoms. The number of hydrogen-bond acceptors (Lipinski definition) is 4. The smallest absolute Gasteiger partial charge is 0.226 e. The molecule has 0 saturated heterocycles. The van der Waals surface area contributed by atoms with Crippen LogP contribution in [0.25, 0.3) is 11.5 Å². The lowest BCUT2D eigenvalue weighted by molar-refractivity contribution is -0.120. The number of carbonyl (C=O) groups is 1. The molecular formula is C13H14N2O3. The molecule has 2 rings (SSSR count). The summed E-state index contributed by atoms with van der Waals surface area (Å²) in [6, 6.07) is 9.49. The lowest BCUT2D eigenvalue weighted by atomic mass is 10.2. The molecule has 94 valence electrons. The molecule has 0 atom stereocenters. The molecule has 1 aromatic carbocycles. The molecule has 0 aliphatic carbocycles. The Bertz CT molecular complexity index is 508. The SMILES string of the molecule is O=C(Cc1coc(-c2ccccc2)n1)NCCO. The third-order valence-electron chi connectivity index (χ3n) is 2.35. The zero-order valence-corrected chi connectivity index (χ0v) is 9.80. The largest absolute Gasteiger partial charge is 0.444 e. The van der Waals surface area contributed by atoms with Gasteiger partial charge in [0.15, 0.2) is 0 Å². The van der Waals surface area contributed by atoms with Crippen LogP contribution < -0.4 is 5.32 Å². The maximum atomic E-state index is 11.4. The second-order valence-electron chi connectivity index (χ2n) is 3.76. The Hall–Kier alpha value is -2.14. The van der Waals surface area contributed by atoms with Gasteiger partial charge in [-0.15, -0.1) is 0 Å². The molecule has 0 bridgehead atoms. The number of oxazole rings is 1. The number of aliphatic hydroxyl groups excluding tert-OH is 1. The summed E-state index contributed by atoms with van der Waals surface area (Å²) in [5.74, 6) is 0.317. The van der Waals surface area contributed by atoms with E-state index in [4.69, 9.17) is 9.52 Å². The Morgan fingerprint density at radius 2 is 2.11 bits per heavy atom. The summed E-state index contributed by atoms with van der Waals surface area (Å²) in [4.78, 5) is 15.7. The summed E-state index contributed by atoms with van der Waals surface area (Å²) in [6.45, 7) is 0.183. The quantitative estimate of drug-likeness (QED) is 0.825. The minimum Gasteiger partial charge on any atom is -0.444 e. The number of aromatic nitrogens is 1. The maximum Gasteiger partial charge on any atom is 0.226 e. The number of amides is 1. The predicted octanol–water partition coefficient (Wildman–Crippen LogP) is 0.993. The number of aliphatic hydroxyl groups is 1. The lowest BCUT2D eigenvalue weighted by Gasteiger charge is -1.99. The van der Waals surface area contributed by atoms with Crippen molar-refractivity contribution in [2.24, 2.45) is 0 Å². The van der Waals surface area contributed by atoms with E-state index in [1.54, 1.807) is 0 Å². The first-order valence-corrected chi connectivity index (χ1v) is 5.67. The molecule has 5 heteroatoms. The van der Waals surface area contributed by atoms with E-state index < -0.39 is 0 Å². The Morgan fingerprint density at radius 1 is 1.33 bits per heavy atom. The highest BCUT2D eigenvalue weighted by molar-refractivity contribution is 5.78. The van der Waals surface area contributed by atoms with Crippen LogP contribution in [0.15, 0.2) is 41.0 Å². The summed E-state index contributed by atoms with van der Waals surface area (Å²) in [6.07, 6.45) is 1.62. The van der Waals surface area contributed by atoms with Crippen LogP contribution in [0, 0.1) is 0 Å². The van der Waals surface area contributed by atoms with Gasteiger partial charge in [-0.3, -0.25) is 4.79 Å². The normalized spacial score (nSPS) is 10.3. The summed E-state index contributed by atoms with van der Waals surface area (Å²) in [7, 11) is 0. The molecule has 2 N–H and O–H groups in total. The number of hydrogen-bond donors (Lipinski definition) is 2. The first-order valence-electron chi connectivity index (χ1n) is 5.67. The Kier molecular flexibility index (Phi) is 4.09. The van der Waals surface area contributed by atoms with E-state index in [1.807, 2.05) is 30.3 Å². The molecule has 1 heterocycles. The van der Waals surface area contributed by atoms with Gasteiger partial charge in [0.2, 0.25) is 11.8 Å². The minimum absolute atomic E-state index is 0.0696. The fraction of sp³-hybridized carbons (Fsp3) is 0.231. The van der Waals surface area contributed by atoms with E-state index >= 15 is 0 Å².